The summed E-state index contributed by atoms with van der Waals surface area (Å²) in [7, 11) is 0. The van der Waals surface area contributed by atoms with Crippen LogP contribution in [0.1, 0.15) is 36.8 Å². The van der Waals surface area contributed by atoms with Crippen molar-refractivity contribution in [1.29, 1.82) is 0 Å². The zero-order chi connectivity index (χ0) is 25.6. The molecule has 2 saturated heterocycles. The van der Waals surface area contributed by atoms with Gasteiger partial charge in [0.15, 0.2) is 0 Å². The molecule has 2 aromatic carbocycles. The van der Waals surface area contributed by atoms with E-state index >= 15 is 0 Å². The zero-order valence-corrected chi connectivity index (χ0v) is 27.0. The molecular formula is C30H32Br2N2Se2. The summed E-state index contributed by atoms with van der Waals surface area (Å²) in [6, 6.07) is 16.6. The summed E-state index contributed by atoms with van der Waals surface area (Å²) in [4.78, 5) is 4.79. The molecule has 4 rings (SSSR count). The average molecular weight is 738 g/mol. The second-order valence-electron chi connectivity index (χ2n) is 8.60. The van der Waals surface area contributed by atoms with Gasteiger partial charge in [0.1, 0.15) is 0 Å². The summed E-state index contributed by atoms with van der Waals surface area (Å²) < 4.78 is 4.71. The summed E-state index contributed by atoms with van der Waals surface area (Å²) in [5.74, 6) is 0. The Morgan fingerprint density at radius 1 is 0.556 bits per heavy atom. The molecule has 0 aliphatic carbocycles. The van der Waals surface area contributed by atoms with E-state index in [1.807, 2.05) is 0 Å². The van der Waals surface area contributed by atoms with Crippen molar-refractivity contribution in [3.63, 3.8) is 0 Å². The monoisotopic (exact) mass is 738 g/mol. The van der Waals surface area contributed by atoms with E-state index in [0.29, 0.717) is 0 Å². The molecule has 2 heterocycles. The molecule has 2 aromatic rings. The molecule has 6 heteroatoms. The van der Waals surface area contributed by atoms with E-state index in [1.165, 1.54) is 72.1 Å². The van der Waals surface area contributed by atoms with Gasteiger partial charge in [-0.2, -0.15) is 0 Å². The van der Waals surface area contributed by atoms with E-state index in [2.05, 4.69) is 170 Å². The van der Waals surface area contributed by atoms with Crippen LogP contribution in [0.25, 0.3) is 12.2 Å². The van der Waals surface area contributed by atoms with Gasteiger partial charge in [0.05, 0.1) is 0 Å². The van der Waals surface area contributed by atoms with Gasteiger partial charge < -0.3 is 0 Å². The molecule has 0 unspecified atom stereocenters. The number of hydrogen-bond donors (Lipinski definition) is 0. The van der Waals surface area contributed by atoms with Gasteiger partial charge in [0.25, 0.3) is 0 Å². The van der Waals surface area contributed by atoms with E-state index in [-0.39, 0.29) is 0 Å². The third kappa shape index (κ3) is 11.0. The fourth-order valence-electron chi connectivity index (χ4n) is 3.84. The van der Waals surface area contributed by atoms with Crippen molar-refractivity contribution in [2.75, 3.05) is 26.2 Å². The van der Waals surface area contributed by atoms with Crippen LogP contribution in [-0.4, -0.2) is 76.2 Å². The van der Waals surface area contributed by atoms with E-state index in [0.717, 1.165) is 8.95 Å². The molecule has 2 fully saturated rings. The van der Waals surface area contributed by atoms with Gasteiger partial charge in [0, 0.05) is 0 Å². The van der Waals surface area contributed by atoms with Crippen LogP contribution in [0.4, 0.5) is 0 Å². The third-order valence-corrected chi connectivity index (χ3v) is 8.56. The molecule has 0 spiro atoms. The predicted molar refractivity (Wildman–Crippen MR) is 168 cm³/mol. The summed E-state index contributed by atoms with van der Waals surface area (Å²) in [5, 5.41) is 0. The van der Waals surface area contributed by atoms with Gasteiger partial charge in [-0.05, 0) is 0 Å². The fraction of sp³-hybridized carbons (Fsp3) is 0.267. The standard InChI is InChI=1S/2C15H16BrNSe/c2*16-14-9-7-13(8-10-14)5-1-2-6-15(18)17-11-3-4-12-17/h2*1-2,5-10H,3-4,11-12H2/b2*5-1+,6-2+. The quantitative estimate of drug-likeness (QED) is 0.217. The van der Waals surface area contributed by atoms with Gasteiger partial charge in [-0.1, -0.05) is 0 Å². The van der Waals surface area contributed by atoms with Crippen LogP contribution in [0.3, 0.4) is 0 Å². The zero-order valence-electron chi connectivity index (χ0n) is 20.4. The van der Waals surface area contributed by atoms with Crippen molar-refractivity contribution in [3.8, 4) is 0 Å². The molecule has 0 amide bonds. The molecular weight excluding hydrogens is 706 g/mol. The minimum atomic E-state index is 1.11. The second kappa shape index (κ2) is 16.6. The Morgan fingerprint density at radius 3 is 1.22 bits per heavy atom. The Hall–Kier alpha value is -1.26. The summed E-state index contributed by atoms with van der Waals surface area (Å²) in [6.07, 6.45) is 22.1. The van der Waals surface area contributed by atoms with Crippen molar-refractivity contribution in [1.82, 2.24) is 9.80 Å². The predicted octanol–water partition coefficient (Wildman–Crippen LogP) is 6.83. The van der Waals surface area contributed by atoms with Crippen molar-refractivity contribution in [3.05, 3.63) is 105 Å². The van der Waals surface area contributed by atoms with Crippen molar-refractivity contribution in [2.24, 2.45) is 0 Å². The van der Waals surface area contributed by atoms with Crippen molar-refractivity contribution >= 4 is 84.2 Å². The number of allylic oxidation sites excluding steroid dienone is 4. The number of halogens is 2. The Morgan fingerprint density at radius 2 is 0.889 bits per heavy atom. The number of rotatable bonds is 8. The van der Waals surface area contributed by atoms with E-state index in [9.17, 15) is 0 Å². The Balaban J connectivity index is 0.000000201. The topological polar surface area (TPSA) is 6.48 Å². The summed E-state index contributed by atoms with van der Waals surface area (Å²) >= 11 is 13.1. The summed E-state index contributed by atoms with van der Waals surface area (Å²) in [5.41, 5.74) is 2.43. The molecule has 0 aromatic heterocycles. The molecule has 2 aliphatic rings. The SMILES string of the molecule is [Se]=C(/C=C/C=C/c1ccc(Br)cc1)N1CCCC1.[Se]=C(/C=C/C=C/c1ccc(Br)cc1)N1CCCC1. The van der Waals surface area contributed by atoms with Gasteiger partial charge in [-0.15, -0.1) is 0 Å². The number of nitrogens with zero attached hydrogens (tertiary/aromatic N) is 2. The molecule has 0 radical (unpaired) electrons. The van der Waals surface area contributed by atoms with Gasteiger partial charge in [-0.3, -0.25) is 0 Å². The van der Waals surface area contributed by atoms with E-state index in [1.54, 1.807) is 0 Å². The molecule has 2 nitrogen and oxygen atoms in total. The van der Waals surface area contributed by atoms with Crippen molar-refractivity contribution in [2.45, 2.75) is 25.7 Å². The van der Waals surface area contributed by atoms with Crippen LogP contribution in [-0.2, 0) is 0 Å². The van der Waals surface area contributed by atoms with Crippen LogP contribution in [0.5, 0.6) is 0 Å². The normalized spacial score (nSPS) is 15.9. The maximum atomic E-state index is 3.43. The molecule has 0 atom stereocenters. The maximum absolute atomic E-state index is 3.43. The molecule has 188 valence electrons. The van der Waals surface area contributed by atoms with Crippen LogP contribution in [0, 0.1) is 0 Å². The summed E-state index contributed by atoms with van der Waals surface area (Å²) in [6.45, 7) is 4.73. The van der Waals surface area contributed by atoms with Crippen LogP contribution in [0.15, 0.2) is 93.9 Å². The number of likely N-dealkylation sites (tertiary alicyclic amines) is 2. The first kappa shape index (κ1) is 29.3. The van der Waals surface area contributed by atoms with Crippen LogP contribution in [0.2, 0.25) is 0 Å². The molecule has 2 aliphatic heterocycles. The van der Waals surface area contributed by atoms with Crippen molar-refractivity contribution < 1.29 is 0 Å². The van der Waals surface area contributed by atoms with Gasteiger partial charge >= 0.3 is 251 Å². The molecule has 36 heavy (non-hydrogen) atoms. The molecule has 0 saturated carbocycles. The van der Waals surface area contributed by atoms with Crippen LogP contribution < -0.4 is 0 Å². The average Bonchev–Trinajstić information content (AvgIpc) is 3.62. The first-order valence-corrected chi connectivity index (χ1v) is 15.6. The first-order valence-electron chi connectivity index (χ1n) is 12.3. The van der Waals surface area contributed by atoms with Gasteiger partial charge in [0.2, 0.25) is 0 Å². The Labute approximate surface area is 249 Å². The third-order valence-electron chi connectivity index (χ3n) is 5.85. The van der Waals surface area contributed by atoms with E-state index < -0.39 is 0 Å². The fourth-order valence-corrected chi connectivity index (χ4v) is 5.47. The van der Waals surface area contributed by atoms with E-state index in [4.69, 9.17) is 0 Å². The second-order valence-corrected chi connectivity index (χ2v) is 12.2. The number of benzene rings is 2. The molecule has 0 bridgehead atoms. The van der Waals surface area contributed by atoms with Gasteiger partial charge in [-0.25, -0.2) is 0 Å². The molecule has 0 N–H and O–H groups in total. The first-order chi connectivity index (χ1) is 17.5. The Bertz CT molecular complexity index is 1000. The Kier molecular flexibility index (Phi) is 13.5. The van der Waals surface area contributed by atoms with Crippen LogP contribution >= 0.6 is 31.9 Å². The minimum absolute atomic E-state index is 1.11. The number of hydrogen-bond acceptors (Lipinski definition) is 2.